The summed E-state index contributed by atoms with van der Waals surface area (Å²) < 4.78 is 5.40. The Morgan fingerprint density at radius 3 is 2.46 bits per heavy atom. The van der Waals surface area contributed by atoms with E-state index in [9.17, 15) is 0 Å². The number of phenols is 1. The molecule has 1 aromatic rings. The molecule has 2 nitrogen and oxygen atoms in total. The molecular formula is C11H12O2. The van der Waals surface area contributed by atoms with Gasteiger partial charge in [-0.1, -0.05) is 6.58 Å². The second-order valence-corrected chi connectivity index (χ2v) is 2.49. The van der Waals surface area contributed by atoms with Gasteiger partial charge in [-0.15, -0.1) is 0 Å². The number of aromatic hydroxyl groups is 1. The first-order valence-electron chi connectivity index (χ1n) is 4.02. The van der Waals surface area contributed by atoms with E-state index in [-0.39, 0.29) is 5.75 Å². The van der Waals surface area contributed by atoms with E-state index >= 15 is 0 Å². The van der Waals surface area contributed by atoms with Crippen LogP contribution in [0, 0.1) is 0 Å². The van der Waals surface area contributed by atoms with Gasteiger partial charge >= 0.3 is 0 Å². The third kappa shape index (κ3) is 2.67. The van der Waals surface area contributed by atoms with E-state index in [4.69, 9.17) is 9.84 Å². The molecule has 2 heteroatoms. The molecule has 0 atom stereocenters. The number of benzene rings is 1. The monoisotopic (exact) mass is 176 g/mol. The highest BCUT2D eigenvalue weighted by atomic mass is 16.5. The average molecular weight is 176 g/mol. The van der Waals surface area contributed by atoms with Crippen LogP contribution in [0.15, 0.2) is 48.8 Å². The van der Waals surface area contributed by atoms with Crippen molar-refractivity contribution in [2.24, 2.45) is 0 Å². The van der Waals surface area contributed by atoms with E-state index < -0.39 is 0 Å². The maximum absolute atomic E-state index is 9.01. The molecule has 0 saturated carbocycles. The molecule has 1 aromatic carbocycles. The Labute approximate surface area is 77.8 Å². The second kappa shape index (κ2) is 4.36. The van der Waals surface area contributed by atoms with Crippen molar-refractivity contribution in [1.29, 1.82) is 0 Å². The predicted octanol–water partition coefficient (Wildman–Crippen LogP) is 2.86. The Morgan fingerprint density at radius 2 is 2.00 bits per heavy atom. The fourth-order valence-corrected chi connectivity index (χ4v) is 0.869. The molecule has 0 aliphatic rings. The van der Waals surface area contributed by atoms with Gasteiger partial charge in [0, 0.05) is 0 Å². The number of rotatable bonds is 3. The zero-order valence-corrected chi connectivity index (χ0v) is 7.53. The first-order valence-corrected chi connectivity index (χ1v) is 4.02. The Balaban J connectivity index is 2.74. The summed E-state index contributed by atoms with van der Waals surface area (Å²) in [6.07, 6.45) is 3.45. The summed E-state index contributed by atoms with van der Waals surface area (Å²) in [5.74, 6) is 1.62. The number of hydrogen-bond acceptors (Lipinski definition) is 2. The summed E-state index contributed by atoms with van der Waals surface area (Å²) in [5, 5.41) is 9.01. The van der Waals surface area contributed by atoms with Gasteiger partial charge in [-0.2, -0.15) is 0 Å². The lowest BCUT2D eigenvalue weighted by Crippen LogP contribution is -1.90. The van der Waals surface area contributed by atoms with Crippen LogP contribution in [0.4, 0.5) is 0 Å². The summed E-state index contributed by atoms with van der Waals surface area (Å²) in [4.78, 5) is 0. The second-order valence-electron chi connectivity index (χ2n) is 2.49. The zero-order chi connectivity index (χ0) is 9.68. The zero-order valence-electron chi connectivity index (χ0n) is 7.53. The van der Waals surface area contributed by atoms with Gasteiger partial charge in [-0.3, -0.25) is 0 Å². The van der Waals surface area contributed by atoms with Crippen LogP contribution in [0.25, 0.3) is 0 Å². The highest BCUT2D eigenvalue weighted by Gasteiger charge is 1.95. The lowest BCUT2D eigenvalue weighted by molar-refractivity contribution is 0.439. The van der Waals surface area contributed by atoms with Crippen LogP contribution < -0.4 is 4.74 Å². The summed E-state index contributed by atoms with van der Waals surface area (Å²) in [5.41, 5.74) is 0. The number of phenolic OH excluding ortho intramolecular Hbond substituents is 1. The number of ether oxygens (including phenoxy) is 1. The fraction of sp³-hybridized carbons (Fsp3) is 0.0909. The van der Waals surface area contributed by atoms with Crippen LogP contribution in [0.5, 0.6) is 11.5 Å². The van der Waals surface area contributed by atoms with E-state index in [0.29, 0.717) is 11.5 Å². The van der Waals surface area contributed by atoms with Crippen LogP contribution in [-0.2, 0) is 0 Å². The molecule has 0 aromatic heterocycles. The highest BCUT2D eigenvalue weighted by molar-refractivity contribution is 5.32. The van der Waals surface area contributed by atoms with E-state index in [0.717, 1.165) is 0 Å². The van der Waals surface area contributed by atoms with Crippen LogP contribution >= 0.6 is 0 Å². The average Bonchev–Trinajstić information content (AvgIpc) is 2.17. The molecular weight excluding hydrogens is 164 g/mol. The minimum atomic E-state index is 0.230. The molecule has 0 aliphatic heterocycles. The standard InChI is InChI=1S/C11H12O2/c1-3-10(4-2)13-11-7-5-9(12)6-8-11/h3-8,12H,1H2,2H3/b10-4+. The molecule has 0 spiro atoms. The molecule has 0 aliphatic carbocycles. The molecule has 0 radical (unpaired) electrons. The van der Waals surface area contributed by atoms with Crippen molar-refractivity contribution in [3.63, 3.8) is 0 Å². The third-order valence-corrected chi connectivity index (χ3v) is 1.56. The first-order chi connectivity index (χ1) is 6.26. The van der Waals surface area contributed by atoms with Crippen LogP contribution in [0.2, 0.25) is 0 Å². The van der Waals surface area contributed by atoms with Crippen LogP contribution in [0.1, 0.15) is 6.92 Å². The van der Waals surface area contributed by atoms with Crippen molar-refractivity contribution in [1.82, 2.24) is 0 Å². The molecule has 1 N–H and O–H groups in total. The molecule has 0 amide bonds. The summed E-state index contributed by atoms with van der Waals surface area (Å²) >= 11 is 0. The van der Waals surface area contributed by atoms with Crippen LogP contribution in [-0.4, -0.2) is 5.11 Å². The summed E-state index contributed by atoms with van der Waals surface area (Å²) in [6.45, 7) is 5.48. The van der Waals surface area contributed by atoms with E-state index in [2.05, 4.69) is 6.58 Å². The van der Waals surface area contributed by atoms with Crippen molar-refractivity contribution in [3.05, 3.63) is 48.8 Å². The van der Waals surface area contributed by atoms with Crippen molar-refractivity contribution in [2.75, 3.05) is 0 Å². The molecule has 68 valence electrons. The molecule has 1 rings (SSSR count). The summed E-state index contributed by atoms with van der Waals surface area (Å²) in [6, 6.07) is 6.54. The molecule has 0 fully saturated rings. The molecule has 0 saturated heterocycles. The Bertz CT molecular complexity index is 309. The maximum Gasteiger partial charge on any atom is 0.127 e. The topological polar surface area (TPSA) is 29.5 Å². The van der Waals surface area contributed by atoms with Crippen molar-refractivity contribution >= 4 is 0 Å². The van der Waals surface area contributed by atoms with Gasteiger partial charge in [0.2, 0.25) is 0 Å². The molecule has 13 heavy (non-hydrogen) atoms. The van der Waals surface area contributed by atoms with Crippen molar-refractivity contribution < 1.29 is 9.84 Å². The van der Waals surface area contributed by atoms with Gasteiger partial charge < -0.3 is 9.84 Å². The Kier molecular flexibility index (Phi) is 3.15. The number of hydrogen-bond donors (Lipinski definition) is 1. The van der Waals surface area contributed by atoms with E-state index in [1.165, 1.54) is 0 Å². The Morgan fingerprint density at radius 1 is 1.38 bits per heavy atom. The largest absolute Gasteiger partial charge is 0.508 e. The quantitative estimate of drug-likeness (QED) is 0.566. The number of allylic oxidation sites excluding steroid dienone is 2. The summed E-state index contributed by atoms with van der Waals surface area (Å²) in [7, 11) is 0. The van der Waals surface area contributed by atoms with Gasteiger partial charge in [0.15, 0.2) is 0 Å². The Hall–Kier alpha value is -1.70. The SMILES string of the molecule is C=C/C(=C\C)Oc1ccc(O)cc1. The van der Waals surface area contributed by atoms with Crippen LogP contribution in [0.3, 0.4) is 0 Å². The lowest BCUT2D eigenvalue weighted by Gasteiger charge is -2.04. The van der Waals surface area contributed by atoms with Crippen molar-refractivity contribution in [2.45, 2.75) is 6.92 Å². The third-order valence-electron chi connectivity index (χ3n) is 1.56. The van der Waals surface area contributed by atoms with Gasteiger partial charge in [0.1, 0.15) is 17.3 Å². The lowest BCUT2D eigenvalue weighted by atomic mass is 10.3. The first kappa shape index (κ1) is 9.39. The van der Waals surface area contributed by atoms with Gasteiger partial charge in [-0.05, 0) is 43.3 Å². The van der Waals surface area contributed by atoms with E-state index in [1.54, 1.807) is 30.3 Å². The maximum atomic E-state index is 9.01. The van der Waals surface area contributed by atoms with Gasteiger partial charge in [0.25, 0.3) is 0 Å². The smallest absolute Gasteiger partial charge is 0.127 e. The molecule has 0 bridgehead atoms. The highest BCUT2D eigenvalue weighted by Crippen LogP contribution is 2.18. The minimum Gasteiger partial charge on any atom is -0.508 e. The fourth-order valence-electron chi connectivity index (χ4n) is 0.869. The normalized spacial score (nSPS) is 11.0. The molecule has 0 unspecified atom stereocenters. The van der Waals surface area contributed by atoms with Crippen molar-refractivity contribution in [3.8, 4) is 11.5 Å². The van der Waals surface area contributed by atoms with Gasteiger partial charge in [0.05, 0.1) is 0 Å². The van der Waals surface area contributed by atoms with Gasteiger partial charge in [-0.25, -0.2) is 0 Å². The van der Waals surface area contributed by atoms with E-state index in [1.807, 2.05) is 13.0 Å². The minimum absolute atomic E-state index is 0.230. The predicted molar refractivity (Wildman–Crippen MR) is 52.7 cm³/mol. The molecule has 0 heterocycles.